The number of halogens is 1. The van der Waals surface area contributed by atoms with Crippen molar-refractivity contribution in [3.05, 3.63) is 82.4 Å². The zero-order chi connectivity index (χ0) is 22.1. The average molecular weight is 451 g/mol. The fraction of sp³-hybridized carbons (Fsp3) is 0.240. The highest BCUT2D eigenvalue weighted by Crippen LogP contribution is 2.40. The van der Waals surface area contributed by atoms with Crippen molar-refractivity contribution in [1.29, 1.82) is 0 Å². The molecule has 0 radical (unpaired) electrons. The van der Waals surface area contributed by atoms with Crippen LogP contribution >= 0.6 is 11.6 Å². The van der Waals surface area contributed by atoms with Crippen molar-refractivity contribution in [3.8, 4) is 23.0 Å². The van der Waals surface area contributed by atoms with Crippen LogP contribution in [0.3, 0.4) is 0 Å². The third-order valence-electron chi connectivity index (χ3n) is 5.64. The summed E-state index contributed by atoms with van der Waals surface area (Å²) in [5.74, 6) is 2.07. The van der Waals surface area contributed by atoms with Gasteiger partial charge in [0.1, 0.15) is 6.17 Å². The Morgan fingerprint density at radius 2 is 1.91 bits per heavy atom. The number of phenolic OH excluding ortho intramolecular Hbond substituents is 1. The minimum Gasteiger partial charge on any atom is -0.504 e. The van der Waals surface area contributed by atoms with E-state index in [0.29, 0.717) is 29.5 Å². The van der Waals surface area contributed by atoms with E-state index >= 15 is 0 Å². The first-order chi connectivity index (χ1) is 15.6. The summed E-state index contributed by atoms with van der Waals surface area (Å²) in [6.07, 6.45) is 0.286. The van der Waals surface area contributed by atoms with Crippen LogP contribution in [0, 0.1) is 0 Å². The van der Waals surface area contributed by atoms with E-state index in [-0.39, 0.29) is 24.8 Å². The van der Waals surface area contributed by atoms with Gasteiger partial charge in [-0.2, -0.15) is 0 Å². The molecule has 3 aromatic carbocycles. The summed E-state index contributed by atoms with van der Waals surface area (Å²) in [5.41, 5.74) is 3.62. The van der Waals surface area contributed by atoms with Crippen LogP contribution in [0.4, 0.5) is 0 Å². The van der Waals surface area contributed by atoms with E-state index < -0.39 is 0 Å². The standard InChI is InChI=1S/C25H23ClN2O4/c1-2-30-22-5-3-4-18(24(22)29)20-13-19(16-8-11-21-23(12-16)32-14-31-21)27-25(28-20)15-6-9-17(26)10-7-15/h3-12,20,25,28-29H,2,13-14H2,1H3/t20-,25+/m1/s1. The van der Waals surface area contributed by atoms with E-state index in [9.17, 15) is 5.11 Å². The van der Waals surface area contributed by atoms with Gasteiger partial charge in [-0.15, -0.1) is 0 Å². The molecule has 0 bridgehead atoms. The molecule has 5 rings (SSSR count). The fourth-order valence-corrected chi connectivity index (χ4v) is 4.19. The van der Waals surface area contributed by atoms with Gasteiger partial charge in [-0.3, -0.25) is 10.3 Å². The molecule has 0 aliphatic carbocycles. The van der Waals surface area contributed by atoms with Gasteiger partial charge in [0.2, 0.25) is 6.79 Å². The number of nitrogens with one attached hydrogen (secondary N) is 1. The number of aromatic hydroxyl groups is 1. The third-order valence-corrected chi connectivity index (χ3v) is 5.89. The fourth-order valence-electron chi connectivity index (χ4n) is 4.07. The van der Waals surface area contributed by atoms with Crippen LogP contribution in [0.5, 0.6) is 23.0 Å². The Morgan fingerprint density at radius 3 is 2.72 bits per heavy atom. The van der Waals surface area contributed by atoms with Crippen LogP contribution in [0.1, 0.15) is 42.2 Å². The molecule has 0 amide bonds. The number of ether oxygens (including phenoxy) is 3. The first-order valence-electron chi connectivity index (χ1n) is 10.5. The topological polar surface area (TPSA) is 72.3 Å². The zero-order valence-corrected chi connectivity index (χ0v) is 18.3. The summed E-state index contributed by atoms with van der Waals surface area (Å²) in [6, 6.07) is 18.9. The molecule has 0 fully saturated rings. The molecule has 0 aromatic heterocycles. The second kappa shape index (κ2) is 8.73. The van der Waals surface area contributed by atoms with Gasteiger partial charge in [-0.1, -0.05) is 35.9 Å². The lowest BCUT2D eigenvalue weighted by Gasteiger charge is -2.31. The second-order valence-electron chi connectivity index (χ2n) is 7.65. The lowest BCUT2D eigenvalue weighted by atomic mass is 9.93. The van der Waals surface area contributed by atoms with Gasteiger partial charge in [0.15, 0.2) is 23.0 Å². The predicted octanol–water partition coefficient (Wildman–Crippen LogP) is 5.40. The maximum Gasteiger partial charge on any atom is 0.231 e. The highest BCUT2D eigenvalue weighted by atomic mass is 35.5. The van der Waals surface area contributed by atoms with E-state index in [1.165, 1.54) is 0 Å². The maximum absolute atomic E-state index is 10.9. The van der Waals surface area contributed by atoms with Crippen LogP contribution in [0.2, 0.25) is 5.02 Å². The Balaban J connectivity index is 1.55. The number of benzene rings is 3. The molecular formula is C25H23ClN2O4. The normalized spacial score (nSPS) is 19.5. The van der Waals surface area contributed by atoms with Crippen LogP contribution < -0.4 is 19.5 Å². The molecule has 2 aliphatic rings. The molecule has 3 aromatic rings. The molecule has 164 valence electrons. The Bertz CT molecular complexity index is 1160. The molecule has 6 nitrogen and oxygen atoms in total. The van der Waals surface area contributed by atoms with Crippen LogP contribution in [-0.4, -0.2) is 24.2 Å². The van der Waals surface area contributed by atoms with E-state index in [4.69, 9.17) is 30.8 Å². The minimum atomic E-state index is -0.304. The van der Waals surface area contributed by atoms with Crippen molar-refractivity contribution < 1.29 is 19.3 Å². The molecule has 0 unspecified atom stereocenters. The predicted molar refractivity (Wildman–Crippen MR) is 123 cm³/mol. The van der Waals surface area contributed by atoms with Crippen molar-refractivity contribution in [3.63, 3.8) is 0 Å². The summed E-state index contributed by atoms with van der Waals surface area (Å²) in [4.78, 5) is 4.99. The Hall–Kier alpha value is -3.22. The van der Waals surface area contributed by atoms with Crippen molar-refractivity contribution in [1.82, 2.24) is 5.32 Å². The number of rotatable bonds is 5. The number of nitrogens with zero attached hydrogens (tertiary/aromatic N) is 1. The highest BCUT2D eigenvalue weighted by molar-refractivity contribution is 6.30. The molecule has 2 N–H and O–H groups in total. The Morgan fingerprint density at radius 1 is 1.09 bits per heavy atom. The monoisotopic (exact) mass is 450 g/mol. The summed E-state index contributed by atoms with van der Waals surface area (Å²) in [6.45, 7) is 2.60. The maximum atomic E-state index is 10.9. The first-order valence-corrected chi connectivity index (χ1v) is 10.9. The van der Waals surface area contributed by atoms with E-state index in [1.807, 2.05) is 61.5 Å². The van der Waals surface area contributed by atoms with Gasteiger partial charge >= 0.3 is 0 Å². The number of phenols is 1. The minimum absolute atomic E-state index is 0.147. The molecule has 2 atom stereocenters. The summed E-state index contributed by atoms with van der Waals surface area (Å²) >= 11 is 6.09. The molecular weight excluding hydrogens is 428 g/mol. The smallest absolute Gasteiger partial charge is 0.231 e. The average Bonchev–Trinajstić information content (AvgIpc) is 3.29. The summed E-state index contributed by atoms with van der Waals surface area (Å²) < 4.78 is 16.6. The van der Waals surface area contributed by atoms with Crippen LogP contribution in [0.15, 0.2) is 65.7 Å². The van der Waals surface area contributed by atoms with Gasteiger partial charge < -0.3 is 19.3 Å². The SMILES string of the molecule is CCOc1cccc([C@H]2CC(c3ccc4c(c3)OCO4)=N[C@H](c3ccc(Cl)cc3)N2)c1O. The molecule has 32 heavy (non-hydrogen) atoms. The molecule has 0 saturated carbocycles. The first kappa shape index (κ1) is 20.7. The molecule has 7 heteroatoms. The highest BCUT2D eigenvalue weighted by Gasteiger charge is 2.29. The van der Waals surface area contributed by atoms with Gasteiger partial charge in [-0.25, -0.2) is 0 Å². The van der Waals surface area contributed by atoms with Crippen molar-refractivity contribution >= 4 is 17.3 Å². The molecule has 2 aliphatic heterocycles. The number of aliphatic imine (C=N–C) groups is 1. The number of fused-ring (bicyclic) bond motifs is 1. The Labute approximate surface area is 191 Å². The number of hydrogen-bond donors (Lipinski definition) is 2. The van der Waals surface area contributed by atoms with Crippen molar-refractivity contribution in [2.24, 2.45) is 4.99 Å². The quantitative estimate of drug-likeness (QED) is 0.544. The Kier molecular flexibility index (Phi) is 5.64. The third kappa shape index (κ3) is 3.99. The van der Waals surface area contributed by atoms with Gasteiger partial charge in [0.25, 0.3) is 0 Å². The molecule has 0 spiro atoms. The van der Waals surface area contributed by atoms with Crippen molar-refractivity contribution in [2.45, 2.75) is 25.6 Å². The van der Waals surface area contributed by atoms with Crippen LogP contribution in [-0.2, 0) is 0 Å². The van der Waals surface area contributed by atoms with Gasteiger partial charge in [-0.05, 0) is 54.4 Å². The lowest BCUT2D eigenvalue weighted by molar-refractivity contribution is 0.174. The van der Waals surface area contributed by atoms with Gasteiger partial charge in [0, 0.05) is 28.8 Å². The van der Waals surface area contributed by atoms with Crippen LogP contribution in [0.25, 0.3) is 0 Å². The van der Waals surface area contributed by atoms with Gasteiger partial charge in [0.05, 0.1) is 6.61 Å². The lowest BCUT2D eigenvalue weighted by Crippen LogP contribution is -2.33. The second-order valence-corrected chi connectivity index (χ2v) is 8.08. The zero-order valence-electron chi connectivity index (χ0n) is 17.5. The van der Waals surface area contributed by atoms with E-state index in [0.717, 1.165) is 28.2 Å². The largest absolute Gasteiger partial charge is 0.504 e. The number of hydrogen-bond acceptors (Lipinski definition) is 6. The van der Waals surface area contributed by atoms with E-state index in [1.54, 1.807) is 6.07 Å². The summed E-state index contributed by atoms with van der Waals surface area (Å²) in [7, 11) is 0. The summed E-state index contributed by atoms with van der Waals surface area (Å²) in [5, 5.41) is 15.1. The van der Waals surface area contributed by atoms with E-state index in [2.05, 4.69) is 5.32 Å². The molecule has 0 saturated heterocycles. The number of para-hydroxylation sites is 1. The molecule has 2 heterocycles. The van der Waals surface area contributed by atoms with Crippen molar-refractivity contribution in [2.75, 3.05) is 13.4 Å².